The van der Waals surface area contributed by atoms with Gasteiger partial charge in [0.15, 0.2) is 5.69 Å². The summed E-state index contributed by atoms with van der Waals surface area (Å²) >= 11 is 0. The fraction of sp³-hybridized carbons (Fsp3) is 0.111. The highest BCUT2D eigenvalue weighted by Crippen LogP contribution is 2.27. The summed E-state index contributed by atoms with van der Waals surface area (Å²) in [5.74, 6) is -0.611. The lowest BCUT2D eigenvalue weighted by Crippen LogP contribution is -2.20. The van der Waals surface area contributed by atoms with Crippen molar-refractivity contribution >= 4 is 27.3 Å². The van der Waals surface area contributed by atoms with Gasteiger partial charge in [0.2, 0.25) is 5.91 Å². The van der Waals surface area contributed by atoms with Crippen molar-refractivity contribution in [3.8, 4) is 0 Å². The number of hydrogen-bond acceptors (Lipinski definition) is 4. The van der Waals surface area contributed by atoms with E-state index in [1.807, 2.05) is 0 Å². The van der Waals surface area contributed by atoms with Crippen molar-refractivity contribution < 1.29 is 26.4 Å². The van der Waals surface area contributed by atoms with Crippen molar-refractivity contribution in [2.75, 3.05) is 10.0 Å². The second kappa shape index (κ2) is 7.95. The van der Waals surface area contributed by atoms with E-state index in [0.29, 0.717) is 5.69 Å². The minimum atomic E-state index is -4.59. The Kier molecular flexibility index (Phi) is 5.59. The van der Waals surface area contributed by atoms with Gasteiger partial charge in [-0.1, -0.05) is 18.2 Å². The highest BCUT2D eigenvalue weighted by Gasteiger charge is 2.33. The Hall–Kier alpha value is -3.34. The zero-order chi connectivity index (χ0) is 21.1. The Bertz CT molecular complexity index is 1100. The largest absolute Gasteiger partial charge is 0.435 e. The number of hydrogen-bond donors (Lipinski definition) is 2. The highest BCUT2D eigenvalue weighted by molar-refractivity contribution is 7.92. The molecular weight excluding hydrogens is 409 g/mol. The molecule has 7 nitrogen and oxygen atoms in total. The molecule has 0 atom stereocenters. The van der Waals surface area contributed by atoms with Crippen molar-refractivity contribution in [2.45, 2.75) is 17.6 Å². The minimum absolute atomic E-state index is 0.0127. The number of benzene rings is 2. The number of carbonyl (C=O) groups is 1. The Balaban J connectivity index is 1.63. The topological polar surface area (TPSA) is 93.1 Å². The lowest BCUT2D eigenvalue weighted by atomic mass is 10.3. The maximum atomic E-state index is 12.5. The monoisotopic (exact) mass is 424 g/mol. The first-order chi connectivity index (χ1) is 13.6. The minimum Gasteiger partial charge on any atom is -0.324 e. The number of nitrogens with one attached hydrogen (secondary N) is 2. The molecule has 0 aliphatic heterocycles. The third kappa shape index (κ3) is 5.35. The zero-order valence-corrected chi connectivity index (χ0v) is 15.5. The molecule has 0 aliphatic rings. The molecule has 152 valence electrons. The lowest BCUT2D eigenvalue weighted by Gasteiger charge is -2.09. The molecule has 3 aromatic rings. The van der Waals surface area contributed by atoms with Gasteiger partial charge in [-0.15, -0.1) is 0 Å². The van der Waals surface area contributed by atoms with E-state index >= 15 is 0 Å². The fourth-order valence-corrected chi connectivity index (χ4v) is 3.44. The standard InChI is InChI=1S/C18H15F3N4O3S/c19-18(20,21)16-10-11-25(23-16)12-17(26)22-13-6-8-15(9-7-13)29(27,28)24-14-4-2-1-3-5-14/h1-11,24H,12H2,(H,22,26). The summed E-state index contributed by atoms with van der Waals surface area (Å²) < 4.78 is 65.6. The summed E-state index contributed by atoms with van der Waals surface area (Å²) in [6.07, 6.45) is -3.54. The van der Waals surface area contributed by atoms with Crippen molar-refractivity contribution in [1.29, 1.82) is 0 Å². The molecule has 0 radical (unpaired) electrons. The van der Waals surface area contributed by atoms with E-state index in [-0.39, 0.29) is 10.6 Å². The third-order valence-electron chi connectivity index (χ3n) is 3.71. The molecule has 1 amide bonds. The molecular formula is C18H15F3N4O3S. The van der Waals surface area contributed by atoms with Gasteiger partial charge >= 0.3 is 6.18 Å². The predicted molar refractivity (Wildman–Crippen MR) is 99.6 cm³/mol. The molecule has 0 aliphatic carbocycles. The third-order valence-corrected chi connectivity index (χ3v) is 5.11. The van der Waals surface area contributed by atoms with E-state index in [0.717, 1.165) is 16.9 Å². The van der Waals surface area contributed by atoms with E-state index in [1.54, 1.807) is 30.3 Å². The number of para-hydroxylation sites is 1. The smallest absolute Gasteiger partial charge is 0.324 e. The van der Waals surface area contributed by atoms with E-state index in [2.05, 4.69) is 15.1 Å². The van der Waals surface area contributed by atoms with Gasteiger partial charge in [0.1, 0.15) is 6.54 Å². The van der Waals surface area contributed by atoms with Gasteiger partial charge in [-0.3, -0.25) is 14.2 Å². The number of halogens is 3. The summed E-state index contributed by atoms with van der Waals surface area (Å²) in [5.41, 5.74) is -0.398. The van der Waals surface area contributed by atoms with Crippen molar-refractivity contribution in [1.82, 2.24) is 9.78 Å². The van der Waals surface area contributed by atoms with Crippen molar-refractivity contribution in [2.24, 2.45) is 0 Å². The first-order valence-corrected chi connectivity index (χ1v) is 9.70. The number of aromatic nitrogens is 2. The van der Waals surface area contributed by atoms with Gasteiger partial charge in [-0.05, 0) is 42.5 Å². The van der Waals surface area contributed by atoms with Crippen LogP contribution in [0.3, 0.4) is 0 Å². The molecule has 0 fully saturated rings. The molecule has 0 bridgehead atoms. The molecule has 0 spiro atoms. The van der Waals surface area contributed by atoms with E-state index in [1.165, 1.54) is 24.3 Å². The SMILES string of the molecule is O=C(Cn1ccc(C(F)(F)F)n1)Nc1ccc(S(=O)(=O)Nc2ccccc2)cc1. The summed E-state index contributed by atoms with van der Waals surface area (Å²) in [7, 11) is -3.80. The summed E-state index contributed by atoms with van der Waals surface area (Å²) in [5, 5.41) is 5.76. The van der Waals surface area contributed by atoms with Crippen LogP contribution >= 0.6 is 0 Å². The normalized spacial score (nSPS) is 11.8. The molecule has 0 saturated heterocycles. The van der Waals surface area contributed by atoms with Crippen LogP contribution in [0.15, 0.2) is 71.8 Å². The van der Waals surface area contributed by atoms with Gasteiger partial charge in [0.25, 0.3) is 10.0 Å². The number of amides is 1. The predicted octanol–water partition coefficient (Wildman–Crippen LogP) is 3.34. The summed E-state index contributed by atoms with van der Waals surface area (Å²) in [6, 6.07) is 14.5. The number of anilines is 2. The molecule has 2 N–H and O–H groups in total. The number of rotatable bonds is 6. The van der Waals surface area contributed by atoms with Crippen LogP contribution in [0.2, 0.25) is 0 Å². The molecule has 1 aromatic heterocycles. The number of carbonyl (C=O) groups excluding carboxylic acids is 1. The van der Waals surface area contributed by atoms with Crippen molar-refractivity contribution in [3.05, 3.63) is 72.6 Å². The maximum absolute atomic E-state index is 12.5. The van der Waals surface area contributed by atoms with Gasteiger partial charge in [-0.2, -0.15) is 18.3 Å². The van der Waals surface area contributed by atoms with Crippen LogP contribution in [0.5, 0.6) is 0 Å². The maximum Gasteiger partial charge on any atom is 0.435 e. The highest BCUT2D eigenvalue weighted by atomic mass is 32.2. The van der Waals surface area contributed by atoms with Crippen LogP contribution in [0.25, 0.3) is 0 Å². The molecule has 1 heterocycles. The van der Waals surface area contributed by atoms with Gasteiger partial charge in [-0.25, -0.2) is 8.42 Å². The molecule has 2 aromatic carbocycles. The molecule has 0 unspecified atom stereocenters. The first kappa shape index (κ1) is 20.4. The average Bonchev–Trinajstić information content (AvgIpc) is 3.11. The van der Waals surface area contributed by atoms with E-state index in [9.17, 15) is 26.4 Å². The van der Waals surface area contributed by atoms with Crippen LogP contribution in [0.4, 0.5) is 24.5 Å². The second-order valence-electron chi connectivity index (χ2n) is 5.94. The van der Waals surface area contributed by atoms with E-state index < -0.39 is 34.3 Å². The van der Waals surface area contributed by atoms with Gasteiger partial charge in [0.05, 0.1) is 4.90 Å². The quantitative estimate of drug-likeness (QED) is 0.635. The zero-order valence-electron chi connectivity index (χ0n) is 14.7. The number of nitrogens with zero attached hydrogens (tertiary/aromatic N) is 2. The Morgan fingerprint density at radius 1 is 0.966 bits per heavy atom. The average molecular weight is 424 g/mol. The fourth-order valence-electron chi connectivity index (χ4n) is 2.39. The molecule has 11 heteroatoms. The Morgan fingerprint density at radius 2 is 1.62 bits per heavy atom. The van der Waals surface area contributed by atoms with Crippen LogP contribution in [-0.4, -0.2) is 24.1 Å². The molecule has 29 heavy (non-hydrogen) atoms. The Labute approximate surface area is 164 Å². The van der Waals surface area contributed by atoms with Gasteiger partial charge in [0, 0.05) is 17.6 Å². The van der Waals surface area contributed by atoms with E-state index in [4.69, 9.17) is 0 Å². The summed E-state index contributed by atoms with van der Waals surface area (Å²) in [4.78, 5) is 12.0. The molecule has 3 rings (SSSR count). The summed E-state index contributed by atoms with van der Waals surface area (Å²) in [6.45, 7) is -0.425. The Morgan fingerprint density at radius 3 is 2.21 bits per heavy atom. The van der Waals surface area contributed by atoms with Crippen LogP contribution in [0.1, 0.15) is 5.69 Å². The molecule has 0 saturated carbocycles. The van der Waals surface area contributed by atoms with Crippen LogP contribution in [-0.2, 0) is 27.5 Å². The first-order valence-electron chi connectivity index (χ1n) is 8.22. The second-order valence-corrected chi connectivity index (χ2v) is 7.62. The van der Waals surface area contributed by atoms with Gasteiger partial charge < -0.3 is 5.32 Å². The van der Waals surface area contributed by atoms with Crippen molar-refractivity contribution in [3.63, 3.8) is 0 Å². The number of sulfonamides is 1. The van der Waals surface area contributed by atoms with Crippen LogP contribution in [0, 0.1) is 0 Å². The number of alkyl halides is 3. The lowest BCUT2D eigenvalue weighted by molar-refractivity contribution is -0.141. The van der Waals surface area contributed by atoms with Crippen LogP contribution < -0.4 is 10.0 Å².